The van der Waals surface area contributed by atoms with Gasteiger partial charge in [-0.2, -0.15) is 0 Å². The molecule has 0 unspecified atom stereocenters. The first-order chi connectivity index (χ1) is 9.08. The molecular weight excluding hydrogens is 299 g/mol. The first kappa shape index (κ1) is 12.7. The second-order valence-corrected chi connectivity index (χ2v) is 5.54. The highest BCUT2D eigenvalue weighted by molar-refractivity contribution is 7.71. The number of aromatic amines is 1. The van der Waals surface area contributed by atoms with E-state index < -0.39 is 0 Å². The van der Waals surface area contributed by atoms with Crippen LogP contribution in [0.15, 0.2) is 36.4 Å². The number of aromatic nitrogens is 2. The van der Waals surface area contributed by atoms with Crippen molar-refractivity contribution in [1.29, 1.82) is 0 Å². The van der Waals surface area contributed by atoms with Crippen LogP contribution >= 0.6 is 35.4 Å². The van der Waals surface area contributed by atoms with Crippen LogP contribution in [0.1, 0.15) is 5.56 Å². The second-order valence-electron chi connectivity index (χ2n) is 4.34. The fourth-order valence-electron chi connectivity index (χ4n) is 2.10. The van der Waals surface area contributed by atoms with E-state index in [1.54, 1.807) is 0 Å². The lowest BCUT2D eigenvalue weighted by molar-refractivity contribution is 1.06. The Morgan fingerprint density at radius 3 is 2.63 bits per heavy atom. The van der Waals surface area contributed by atoms with Crippen LogP contribution in [0.25, 0.3) is 16.7 Å². The van der Waals surface area contributed by atoms with Crippen molar-refractivity contribution in [1.82, 2.24) is 9.55 Å². The summed E-state index contributed by atoms with van der Waals surface area (Å²) in [5.74, 6) is 0. The fourth-order valence-corrected chi connectivity index (χ4v) is 2.87. The molecule has 0 radical (unpaired) electrons. The minimum atomic E-state index is 0.600. The molecule has 3 rings (SSSR count). The molecule has 5 heteroatoms. The largest absolute Gasteiger partial charge is 0.330 e. The number of nitrogens with one attached hydrogen (secondary N) is 1. The van der Waals surface area contributed by atoms with Crippen LogP contribution in [-0.4, -0.2) is 9.55 Å². The highest BCUT2D eigenvalue weighted by Crippen LogP contribution is 2.30. The Kier molecular flexibility index (Phi) is 3.13. The third kappa shape index (κ3) is 2.08. The van der Waals surface area contributed by atoms with Gasteiger partial charge in [-0.3, -0.25) is 4.57 Å². The molecule has 0 atom stereocenters. The van der Waals surface area contributed by atoms with Crippen molar-refractivity contribution in [3.05, 3.63) is 56.8 Å². The van der Waals surface area contributed by atoms with Gasteiger partial charge in [0.2, 0.25) is 0 Å². The number of halogens is 2. The summed E-state index contributed by atoms with van der Waals surface area (Å²) in [6.45, 7) is 1.92. The molecule has 0 saturated heterocycles. The van der Waals surface area contributed by atoms with Crippen molar-refractivity contribution in [3.63, 3.8) is 0 Å². The van der Waals surface area contributed by atoms with Gasteiger partial charge in [0.05, 0.1) is 21.7 Å². The molecule has 1 heterocycles. The third-order valence-electron chi connectivity index (χ3n) is 3.06. The quantitative estimate of drug-likeness (QED) is 0.605. The SMILES string of the molecule is Cc1cc(Cl)c(-n2c(=S)[nH]c3ccccc32)cc1Cl. The third-order valence-corrected chi connectivity index (χ3v) is 4.05. The average Bonchev–Trinajstić information content (AvgIpc) is 2.70. The number of fused-ring (bicyclic) bond motifs is 1. The van der Waals surface area contributed by atoms with Crippen LogP contribution in [0.4, 0.5) is 0 Å². The van der Waals surface area contributed by atoms with E-state index in [0.29, 0.717) is 14.8 Å². The van der Waals surface area contributed by atoms with Crippen molar-refractivity contribution >= 4 is 46.5 Å². The van der Waals surface area contributed by atoms with E-state index in [4.69, 9.17) is 35.4 Å². The predicted octanol–water partition coefficient (Wildman–Crippen LogP) is 5.30. The minimum Gasteiger partial charge on any atom is -0.330 e. The van der Waals surface area contributed by atoms with Gasteiger partial charge in [-0.05, 0) is 49.0 Å². The molecule has 96 valence electrons. The van der Waals surface area contributed by atoms with Gasteiger partial charge in [0.1, 0.15) is 0 Å². The Hall–Kier alpha value is -1.29. The molecule has 0 aliphatic rings. The molecule has 0 fully saturated rings. The van der Waals surface area contributed by atoms with Crippen LogP contribution < -0.4 is 0 Å². The van der Waals surface area contributed by atoms with Crippen molar-refractivity contribution in [2.45, 2.75) is 6.92 Å². The Morgan fingerprint density at radius 2 is 1.84 bits per heavy atom. The number of aryl methyl sites for hydroxylation is 1. The van der Waals surface area contributed by atoms with Gasteiger partial charge in [0.15, 0.2) is 4.77 Å². The van der Waals surface area contributed by atoms with Gasteiger partial charge in [0.25, 0.3) is 0 Å². The molecule has 1 N–H and O–H groups in total. The molecule has 2 aromatic carbocycles. The summed E-state index contributed by atoms with van der Waals surface area (Å²) < 4.78 is 2.50. The van der Waals surface area contributed by atoms with Crippen LogP contribution in [0, 0.1) is 11.7 Å². The molecular formula is C14H10Cl2N2S. The number of nitrogens with zero attached hydrogens (tertiary/aromatic N) is 1. The van der Waals surface area contributed by atoms with Gasteiger partial charge in [0, 0.05) is 5.02 Å². The maximum absolute atomic E-state index is 6.33. The zero-order chi connectivity index (χ0) is 13.6. The maximum Gasteiger partial charge on any atom is 0.182 e. The maximum atomic E-state index is 6.33. The normalized spacial score (nSPS) is 11.1. The van der Waals surface area contributed by atoms with Gasteiger partial charge in [-0.15, -0.1) is 0 Å². The number of hydrogen-bond donors (Lipinski definition) is 1. The molecule has 1 aromatic heterocycles. The number of para-hydroxylation sites is 2. The Morgan fingerprint density at radius 1 is 1.11 bits per heavy atom. The van der Waals surface area contributed by atoms with Crippen molar-refractivity contribution < 1.29 is 0 Å². The smallest absolute Gasteiger partial charge is 0.182 e. The number of hydrogen-bond acceptors (Lipinski definition) is 1. The second kappa shape index (κ2) is 4.67. The summed E-state index contributed by atoms with van der Waals surface area (Å²) in [4.78, 5) is 3.16. The summed E-state index contributed by atoms with van der Waals surface area (Å²) in [7, 11) is 0. The molecule has 19 heavy (non-hydrogen) atoms. The molecule has 0 saturated carbocycles. The predicted molar refractivity (Wildman–Crippen MR) is 83.2 cm³/mol. The number of benzene rings is 2. The zero-order valence-electron chi connectivity index (χ0n) is 10.1. The Balaban J connectivity index is 2.40. The molecule has 3 aromatic rings. The lowest BCUT2D eigenvalue weighted by Gasteiger charge is -2.09. The summed E-state index contributed by atoms with van der Waals surface area (Å²) in [6.07, 6.45) is 0. The first-order valence-electron chi connectivity index (χ1n) is 5.73. The number of rotatable bonds is 1. The minimum absolute atomic E-state index is 0.600. The lowest BCUT2D eigenvalue weighted by atomic mass is 10.2. The van der Waals surface area contributed by atoms with Crippen LogP contribution in [0.3, 0.4) is 0 Å². The van der Waals surface area contributed by atoms with E-state index in [0.717, 1.165) is 22.3 Å². The van der Waals surface area contributed by atoms with E-state index in [-0.39, 0.29) is 0 Å². The highest BCUT2D eigenvalue weighted by Gasteiger charge is 2.11. The van der Waals surface area contributed by atoms with Crippen LogP contribution in [0.5, 0.6) is 0 Å². The molecule has 0 aliphatic carbocycles. The summed E-state index contributed by atoms with van der Waals surface area (Å²) >= 11 is 17.9. The summed E-state index contributed by atoms with van der Waals surface area (Å²) in [5, 5.41) is 1.30. The van der Waals surface area contributed by atoms with Crippen molar-refractivity contribution in [2.24, 2.45) is 0 Å². The standard InChI is InChI=1S/C14H10Cl2N2S/c1-8-6-10(16)13(7-9(8)15)18-12-5-3-2-4-11(12)17-14(18)19/h2-7H,1H3,(H,17,19). The van der Waals surface area contributed by atoms with Gasteiger partial charge < -0.3 is 4.98 Å². The molecule has 2 nitrogen and oxygen atoms in total. The van der Waals surface area contributed by atoms with E-state index in [2.05, 4.69) is 4.98 Å². The Labute approximate surface area is 125 Å². The van der Waals surface area contributed by atoms with E-state index >= 15 is 0 Å². The molecule has 0 spiro atoms. The molecule has 0 aliphatic heterocycles. The van der Waals surface area contributed by atoms with Crippen molar-refractivity contribution in [3.8, 4) is 5.69 Å². The molecule has 0 amide bonds. The van der Waals surface area contributed by atoms with E-state index in [9.17, 15) is 0 Å². The number of H-pyrrole nitrogens is 1. The summed E-state index contributed by atoms with van der Waals surface area (Å²) in [6, 6.07) is 11.6. The van der Waals surface area contributed by atoms with E-state index in [1.807, 2.05) is 47.9 Å². The molecule has 0 bridgehead atoms. The fraction of sp³-hybridized carbons (Fsp3) is 0.0714. The van der Waals surface area contributed by atoms with Crippen LogP contribution in [0.2, 0.25) is 10.0 Å². The lowest BCUT2D eigenvalue weighted by Crippen LogP contribution is -1.96. The monoisotopic (exact) mass is 308 g/mol. The topological polar surface area (TPSA) is 20.7 Å². The average molecular weight is 309 g/mol. The highest BCUT2D eigenvalue weighted by atomic mass is 35.5. The van der Waals surface area contributed by atoms with Crippen LogP contribution in [-0.2, 0) is 0 Å². The zero-order valence-corrected chi connectivity index (χ0v) is 12.4. The first-order valence-corrected chi connectivity index (χ1v) is 6.90. The van der Waals surface area contributed by atoms with Gasteiger partial charge in [-0.1, -0.05) is 35.3 Å². The van der Waals surface area contributed by atoms with Crippen molar-refractivity contribution in [2.75, 3.05) is 0 Å². The van der Waals surface area contributed by atoms with Gasteiger partial charge in [-0.25, -0.2) is 0 Å². The number of imidazole rings is 1. The van der Waals surface area contributed by atoms with E-state index in [1.165, 1.54) is 0 Å². The summed E-state index contributed by atoms with van der Waals surface area (Å²) in [5.41, 5.74) is 3.69. The Bertz CT molecular complexity index is 833. The van der Waals surface area contributed by atoms with Gasteiger partial charge >= 0.3 is 0 Å².